The highest BCUT2D eigenvalue weighted by atomic mass is 32.2. The van der Waals surface area contributed by atoms with Crippen molar-refractivity contribution >= 4 is 21.4 Å². The Morgan fingerprint density at radius 1 is 0.971 bits per heavy atom. The van der Waals surface area contributed by atoms with Crippen LogP contribution < -0.4 is 14.4 Å². The van der Waals surface area contributed by atoms with Crippen LogP contribution in [0.15, 0.2) is 65.6 Å². The van der Waals surface area contributed by atoms with Crippen LogP contribution in [0.1, 0.15) is 16.7 Å². The van der Waals surface area contributed by atoms with Gasteiger partial charge in [0.1, 0.15) is 18.2 Å². The van der Waals surface area contributed by atoms with E-state index < -0.39 is 10.0 Å². The number of likely N-dealkylation sites (N-methyl/N-ethyl adjacent to an activating group) is 1. The van der Waals surface area contributed by atoms with Crippen molar-refractivity contribution in [2.24, 2.45) is 0 Å². The van der Waals surface area contributed by atoms with Gasteiger partial charge in [0.15, 0.2) is 0 Å². The number of hydrogen-bond acceptors (Lipinski definition) is 5. The van der Waals surface area contributed by atoms with Gasteiger partial charge in [0.2, 0.25) is 0 Å². The SMILES string of the molecule is CN1CCc2cc(NS(=O)(=O)c3ccc(OCc4ccc(F)cc4)cc3)c(N(C)C)cc2CC1. The number of rotatable bonds is 7. The van der Waals surface area contributed by atoms with Crippen molar-refractivity contribution in [3.63, 3.8) is 0 Å². The van der Waals surface area contributed by atoms with E-state index in [2.05, 4.69) is 22.7 Å². The number of nitrogens with one attached hydrogen (secondary N) is 1. The molecule has 3 aromatic carbocycles. The number of benzene rings is 3. The molecule has 0 unspecified atom stereocenters. The summed E-state index contributed by atoms with van der Waals surface area (Å²) < 4.78 is 47.9. The van der Waals surface area contributed by atoms with Gasteiger partial charge in [-0.1, -0.05) is 12.1 Å². The topological polar surface area (TPSA) is 61.9 Å². The fourth-order valence-electron chi connectivity index (χ4n) is 3.99. The molecule has 3 aromatic rings. The number of hydrogen-bond donors (Lipinski definition) is 1. The average Bonchev–Trinajstić information content (AvgIpc) is 2.99. The fourth-order valence-corrected chi connectivity index (χ4v) is 5.06. The van der Waals surface area contributed by atoms with Crippen molar-refractivity contribution in [2.45, 2.75) is 24.3 Å². The van der Waals surface area contributed by atoms with Crippen LogP contribution in [-0.2, 0) is 29.5 Å². The first kappa shape index (κ1) is 24.0. The Kier molecular flexibility index (Phi) is 7.09. The molecule has 1 N–H and O–H groups in total. The zero-order valence-corrected chi connectivity index (χ0v) is 20.5. The molecule has 1 aliphatic rings. The largest absolute Gasteiger partial charge is 0.489 e. The lowest BCUT2D eigenvalue weighted by Gasteiger charge is -2.21. The number of anilines is 2. The first-order chi connectivity index (χ1) is 16.2. The van der Waals surface area contributed by atoms with Gasteiger partial charge in [0, 0.05) is 27.2 Å². The Morgan fingerprint density at radius 3 is 2.21 bits per heavy atom. The van der Waals surface area contributed by atoms with E-state index >= 15 is 0 Å². The van der Waals surface area contributed by atoms with E-state index in [4.69, 9.17) is 4.74 Å². The first-order valence-electron chi connectivity index (χ1n) is 11.2. The number of nitrogens with zero attached hydrogens (tertiary/aromatic N) is 2. The Labute approximate surface area is 201 Å². The number of fused-ring (bicyclic) bond motifs is 1. The third-order valence-corrected chi connectivity index (χ3v) is 7.40. The zero-order chi connectivity index (χ0) is 24.3. The number of halogens is 1. The van der Waals surface area contributed by atoms with Crippen LogP contribution in [0.25, 0.3) is 0 Å². The van der Waals surface area contributed by atoms with Gasteiger partial charge in [-0.2, -0.15) is 0 Å². The van der Waals surface area contributed by atoms with Crippen LogP contribution in [0.2, 0.25) is 0 Å². The maximum absolute atomic E-state index is 13.2. The molecule has 0 saturated heterocycles. The molecular formula is C26H30FN3O3S. The van der Waals surface area contributed by atoms with Crippen molar-refractivity contribution < 1.29 is 17.5 Å². The van der Waals surface area contributed by atoms with Crippen molar-refractivity contribution in [2.75, 3.05) is 43.9 Å². The molecule has 180 valence electrons. The molecule has 0 bridgehead atoms. The molecule has 0 saturated carbocycles. The van der Waals surface area contributed by atoms with Gasteiger partial charge in [-0.3, -0.25) is 4.72 Å². The number of ether oxygens (including phenoxy) is 1. The van der Waals surface area contributed by atoms with Crippen LogP contribution in [0, 0.1) is 5.82 Å². The van der Waals surface area contributed by atoms with E-state index in [0.717, 1.165) is 37.2 Å². The average molecular weight is 484 g/mol. The highest BCUT2D eigenvalue weighted by molar-refractivity contribution is 7.92. The van der Waals surface area contributed by atoms with Crippen LogP contribution in [0.4, 0.5) is 15.8 Å². The molecule has 8 heteroatoms. The van der Waals surface area contributed by atoms with Gasteiger partial charge < -0.3 is 14.5 Å². The Balaban J connectivity index is 1.51. The Bertz CT molecular complexity index is 1240. The lowest BCUT2D eigenvalue weighted by Crippen LogP contribution is -2.20. The van der Waals surface area contributed by atoms with Gasteiger partial charge in [-0.25, -0.2) is 12.8 Å². The van der Waals surface area contributed by atoms with E-state index in [1.165, 1.54) is 35.4 Å². The Morgan fingerprint density at radius 2 is 1.59 bits per heavy atom. The van der Waals surface area contributed by atoms with Crippen LogP contribution in [0.3, 0.4) is 0 Å². The normalized spacial score (nSPS) is 14.2. The summed E-state index contributed by atoms with van der Waals surface area (Å²) in [5.74, 6) is 0.233. The minimum Gasteiger partial charge on any atom is -0.489 e. The molecule has 0 spiro atoms. The maximum Gasteiger partial charge on any atom is 0.261 e. The summed E-state index contributed by atoms with van der Waals surface area (Å²) in [6, 6.07) is 16.4. The molecule has 0 aromatic heterocycles. The molecule has 1 heterocycles. The number of sulfonamides is 1. The smallest absolute Gasteiger partial charge is 0.261 e. The van der Waals surface area contributed by atoms with E-state index in [9.17, 15) is 12.8 Å². The maximum atomic E-state index is 13.2. The van der Waals surface area contributed by atoms with Gasteiger partial charge >= 0.3 is 0 Å². The molecule has 6 nitrogen and oxygen atoms in total. The van der Waals surface area contributed by atoms with Crippen LogP contribution in [-0.4, -0.2) is 47.6 Å². The molecule has 0 atom stereocenters. The molecule has 1 aliphatic heterocycles. The summed E-state index contributed by atoms with van der Waals surface area (Å²) >= 11 is 0. The second kappa shape index (κ2) is 10.0. The molecule has 0 radical (unpaired) electrons. The molecule has 0 fully saturated rings. The predicted octanol–water partition coefficient (Wildman–Crippen LogP) is 4.30. The lowest BCUT2D eigenvalue weighted by atomic mass is 10.0. The van der Waals surface area contributed by atoms with Crippen molar-refractivity contribution in [1.29, 1.82) is 0 Å². The van der Waals surface area contributed by atoms with Crippen LogP contribution >= 0.6 is 0 Å². The summed E-state index contributed by atoms with van der Waals surface area (Å²) in [6.07, 6.45) is 1.83. The van der Waals surface area contributed by atoms with E-state index in [1.807, 2.05) is 25.1 Å². The van der Waals surface area contributed by atoms with Crippen molar-refractivity contribution in [1.82, 2.24) is 4.90 Å². The molecular weight excluding hydrogens is 453 g/mol. The standard InChI is InChI=1S/C26H30FN3O3S/c1-29(2)26-17-21-13-15-30(3)14-12-20(21)16-25(26)28-34(31,32)24-10-8-23(9-11-24)33-18-19-4-6-22(27)7-5-19/h4-11,16-17,28H,12-15,18H2,1-3H3. The zero-order valence-electron chi connectivity index (χ0n) is 19.7. The summed E-state index contributed by atoms with van der Waals surface area (Å²) in [4.78, 5) is 4.37. The minimum absolute atomic E-state index is 0.154. The summed E-state index contributed by atoms with van der Waals surface area (Å²) in [5, 5.41) is 0. The quantitative estimate of drug-likeness (QED) is 0.543. The summed E-state index contributed by atoms with van der Waals surface area (Å²) in [5.41, 5.74) is 4.68. The molecule has 0 aliphatic carbocycles. The third kappa shape index (κ3) is 5.69. The van der Waals surface area contributed by atoms with E-state index in [-0.39, 0.29) is 17.3 Å². The highest BCUT2D eigenvalue weighted by Crippen LogP contribution is 2.32. The van der Waals surface area contributed by atoms with Gasteiger partial charge in [0.05, 0.1) is 16.3 Å². The Hall–Kier alpha value is -3.10. The summed E-state index contributed by atoms with van der Waals surface area (Å²) in [6.45, 7) is 2.20. The second-order valence-corrected chi connectivity index (χ2v) is 10.5. The van der Waals surface area contributed by atoms with Gasteiger partial charge in [0.25, 0.3) is 10.0 Å². The van der Waals surface area contributed by atoms with Crippen molar-refractivity contribution in [3.8, 4) is 5.75 Å². The molecule has 4 rings (SSSR count). The second-order valence-electron chi connectivity index (χ2n) is 8.83. The van der Waals surface area contributed by atoms with Gasteiger partial charge in [-0.15, -0.1) is 0 Å². The third-order valence-electron chi connectivity index (χ3n) is 6.02. The first-order valence-corrected chi connectivity index (χ1v) is 12.7. The van der Waals surface area contributed by atoms with Crippen molar-refractivity contribution in [3.05, 3.63) is 83.2 Å². The van der Waals surface area contributed by atoms with Crippen LogP contribution in [0.5, 0.6) is 5.75 Å². The predicted molar refractivity (Wildman–Crippen MR) is 134 cm³/mol. The van der Waals surface area contributed by atoms with E-state index in [1.54, 1.807) is 24.3 Å². The van der Waals surface area contributed by atoms with E-state index in [0.29, 0.717) is 11.4 Å². The fraction of sp³-hybridized carbons (Fsp3) is 0.308. The lowest BCUT2D eigenvalue weighted by molar-refractivity contribution is 0.306. The monoisotopic (exact) mass is 483 g/mol. The molecule has 34 heavy (non-hydrogen) atoms. The van der Waals surface area contributed by atoms with Gasteiger partial charge in [-0.05, 0) is 85.1 Å². The minimum atomic E-state index is -3.79. The summed E-state index contributed by atoms with van der Waals surface area (Å²) in [7, 11) is 2.14. The highest BCUT2D eigenvalue weighted by Gasteiger charge is 2.20. The molecule has 0 amide bonds.